The van der Waals surface area contributed by atoms with E-state index in [1.807, 2.05) is 12.1 Å². The van der Waals surface area contributed by atoms with Gasteiger partial charge in [-0.1, -0.05) is 6.07 Å². The zero-order valence-electron chi connectivity index (χ0n) is 15.1. The minimum atomic E-state index is -0.127. The fourth-order valence-corrected chi connectivity index (χ4v) is 2.92. The number of rotatable bonds is 9. The lowest BCUT2D eigenvalue weighted by Gasteiger charge is -2.27. The van der Waals surface area contributed by atoms with E-state index in [-0.39, 0.29) is 24.3 Å². The summed E-state index contributed by atoms with van der Waals surface area (Å²) in [6.07, 6.45) is 2.88. The molecular weight excluding hydrogens is 332 g/mol. The molecule has 1 aliphatic heterocycles. The van der Waals surface area contributed by atoms with Gasteiger partial charge in [0, 0.05) is 50.4 Å². The highest BCUT2D eigenvalue weighted by Crippen LogP contribution is 2.30. The molecule has 1 saturated heterocycles. The average Bonchev–Trinajstić information content (AvgIpc) is 3.50. The molecule has 1 aliphatic carbocycles. The van der Waals surface area contributed by atoms with E-state index in [0.717, 1.165) is 52.0 Å². The number of amides is 2. The molecule has 1 aromatic rings. The van der Waals surface area contributed by atoms with Crippen LogP contribution in [0.4, 0.5) is 5.69 Å². The molecular formula is C19H28N4O3. The molecule has 1 aromatic carbocycles. The summed E-state index contributed by atoms with van der Waals surface area (Å²) in [5.74, 6) is 0.670. The van der Waals surface area contributed by atoms with Gasteiger partial charge >= 0.3 is 0 Å². The van der Waals surface area contributed by atoms with Crippen molar-refractivity contribution in [2.75, 3.05) is 51.2 Å². The maximum absolute atomic E-state index is 11.9. The lowest BCUT2D eigenvalue weighted by atomic mass is 10.3. The molecule has 0 atom stereocenters. The van der Waals surface area contributed by atoms with E-state index in [0.29, 0.717) is 18.0 Å². The summed E-state index contributed by atoms with van der Waals surface area (Å²) in [5, 5.41) is 9.09. The second-order valence-corrected chi connectivity index (χ2v) is 6.88. The lowest BCUT2D eigenvalue weighted by Crippen LogP contribution is -2.44. The second kappa shape index (κ2) is 9.54. The highest BCUT2D eigenvalue weighted by atomic mass is 16.5. The summed E-state index contributed by atoms with van der Waals surface area (Å²) in [7, 11) is 0. The first-order valence-corrected chi connectivity index (χ1v) is 9.44. The maximum atomic E-state index is 11.9. The fraction of sp³-hybridized carbons (Fsp3) is 0.579. The van der Waals surface area contributed by atoms with Crippen molar-refractivity contribution in [2.45, 2.75) is 19.3 Å². The van der Waals surface area contributed by atoms with Crippen LogP contribution in [0.15, 0.2) is 24.3 Å². The van der Waals surface area contributed by atoms with Crippen LogP contribution >= 0.6 is 0 Å². The third kappa shape index (κ3) is 6.31. The van der Waals surface area contributed by atoms with Crippen LogP contribution in [0.25, 0.3) is 0 Å². The van der Waals surface area contributed by atoms with Gasteiger partial charge in [-0.25, -0.2) is 0 Å². The molecule has 3 rings (SSSR count). The molecule has 7 nitrogen and oxygen atoms in total. The van der Waals surface area contributed by atoms with Crippen molar-refractivity contribution in [3.05, 3.63) is 24.3 Å². The predicted octanol–water partition coefficient (Wildman–Crippen LogP) is 0.825. The van der Waals surface area contributed by atoms with E-state index in [1.54, 1.807) is 12.1 Å². The predicted molar refractivity (Wildman–Crippen MR) is 100 cm³/mol. The molecule has 7 heteroatoms. The van der Waals surface area contributed by atoms with Crippen molar-refractivity contribution in [3.63, 3.8) is 0 Å². The summed E-state index contributed by atoms with van der Waals surface area (Å²) >= 11 is 0. The molecule has 3 N–H and O–H groups in total. The zero-order chi connectivity index (χ0) is 18.2. The molecule has 2 fully saturated rings. The molecule has 0 radical (unpaired) electrons. The Kier molecular flexibility index (Phi) is 6.85. The summed E-state index contributed by atoms with van der Waals surface area (Å²) in [6.45, 7) is 5.87. The van der Waals surface area contributed by atoms with Gasteiger partial charge in [0.05, 0.1) is 0 Å². The van der Waals surface area contributed by atoms with Crippen molar-refractivity contribution in [2.24, 2.45) is 5.92 Å². The van der Waals surface area contributed by atoms with E-state index in [4.69, 9.17) is 4.74 Å². The number of ether oxygens (including phenoxy) is 1. The first kappa shape index (κ1) is 18.7. The molecule has 0 aromatic heterocycles. The average molecular weight is 360 g/mol. The van der Waals surface area contributed by atoms with Gasteiger partial charge in [0.1, 0.15) is 5.75 Å². The Balaban J connectivity index is 1.31. The van der Waals surface area contributed by atoms with E-state index < -0.39 is 0 Å². The number of hydrogen-bond acceptors (Lipinski definition) is 5. The number of hydrogen-bond donors (Lipinski definition) is 3. The molecule has 142 valence electrons. The van der Waals surface area contributed by atoms with Crippen LogP contribution < -0.4 is 20.7 Å². The first-order valence-electron chi connectivity index (χ1n) is 9.44. The topological polar surface area (TPSA) is 82.7 Å². The van der Waals surface area contributed by atoms with Crippen molar-refractivity contribution in [1.29, 1.82) is 0 Å². The number of nitrogens with zero attached hydrogens (tertiary/aromatic N) is 1. The van der Waals surface area contributed by atoms with E-state index in [1.165, 1.54) is 0 Å². The Morgan fingerprint density at radius 1 is 1.23 bits per heavy atom. The largest absolute Gasteiger partial charge is 0.484 e. The summed E-state index contributed by atoms with van der Waals surface area (Å²) < 4.78 is 5.53. The van der Waals surface area contributed by atoms with Gasteiger partial charge in [-0.15, -0.1) is 0 Å². The minimum absolute atomic E-state index is 0.0202. The molecule has 26 heavy (non-hydrogen) atoms. The highest BCUT2D eigenvalue weighted by molar-refractivity contribution is 5.94. The van der Waals surface area contributed by atoms with Gasteiger partial charge in [0.25, 0.3) is 5.91 Å². The maximum Gasteiger partial charge on any atom is 0.257 e. The number of piperazine rings is 1. The number of nitrogens with one attached hydrogen (secondary N) is 3. The van der Waals surface area contributed by atoms with Crippen LogP contribution in [0.2, 0.25) is 0 Å². The van der Waals surface area contributed by atoms with E-state index in [2.05, 4.69) is 20.9 Å². The first-order chi connectivity index (χ1) is 12.7. The third-order valence-electron chi connectivity index (χ3n) is 4.60. The van der Waals surface area contributed by atoms with Crippen molar-refractivity contribution < 1.29 is 14.3 Å². The Bertz CT molecular complexity index is 613. The smallest absolute Gasteiger partial charge is 0.257 e. The summed E-state index contributed by atoms with van der Waals surface area (Å²) in [5.41, 5.74) is 0.704. The SMILES string of the molecule is O=C(COc1cccc(NC(=O)C2CC2)c1)NCCCN1CCNCC1. The van der Waals surface area contributed by atoms with Crippen LogP contribution in [-0.4, -0.2) is 62.6 Å². The Labute approximate surface area is 154 Å². The standard InChI is InChI=1S/C19H28N4O3/c24-18(21-7-2-10-23-11-8-20-9-12-23)14-26-17-4-1-3-16(13-17)22-19(25)15-5-6-15/h1,3-4,13,15,20H,2,5-12,14H2,(H,21,24)(H,22,25). The fourth-order valence-electron chi connectivity index (χ4n) is 2.92. The van der Waals surface area contributed by atoms with Crippen molar-refractivity contribution in [1.82, 2.24) is 15.5 Å². The lowest BCUT2D eigenvalue weighted by molar-refractivity contribution is -0.123. The van der Waals surface area contributed by atoms with Gasteiger partial charge in [-0.2, -0.15) is 0 Å². The number of benzene rings is 1. The number of anilines is 1. The minimum Gasteiger partial charge on any atom is -0.484 e. The molecule has 1 saturated carbocycles. The van der Waals surface area contributed by atoms with Crippen LogP contribution in [0.1, 0.15) is 19.3 Å². The van der Waals surface area contributed by atoms with Gasteiger partial charge in [0.15, 0.2) is 6.61 Å². The van der Waals surface area contributed by atoms with Crippen LogP contribution in [0.5, 0.6) is 5.75 Å². The zero-order valence-corrected chi connectivity index (χ0v) is 15.1. The Morgan fingerprint density at radius 3 is 2.81 bits per heavy atom. The molecule has 1 heterocycles. The third-order valence-corrected chi connectivity index (χ3v) is 4.60. The Morgan fingerprint density at radius 2 is 2.04 bits per heavy atom. The Hall–Kier alpha value is -2.12. The number of carbonyl (C=O) groups excluding carboxylic acids is 2. The van der Waals surface area contributed by atoms with Crippen molar-refractivity contribution in [3.8, 4) is 5.75 Å². The van der Waals surface area contributed by atoms with Gasteiger partial charge in [0.2, 0.25) is 5.91 Å². The molecule has 2 amide bonds. The quantitative estimate of drug-likeness (QED) is 0.568. The monoisotopic (exact) mass is 360 g/mol. The van der Waals surface area contributed by atoms with Gasteiger partial charge in [-0.05, 0) is 37.9 Å². The second-order valence-electron chi connectivity index (χ2n) is 6.88. The summed E-state index contributed by atoms with van der Waals surface area (Å²) in [6, 6.07) is 7.16. The van der Waals surface area contributed by atoms with Gasteiger partial charge < -0.3 is 25.6 Å². The van der Waals surface area contributed by atoms with E-state index >= 15 is 0 Å². The molecule has 0 unspecified atom stereocenters. The normalized spacial score (nSPS) is 17.5. The number of carbonyl (C=O) groups is 2. The molecule has 0 spiro atoms. The van der Waals surface area contributed by atoms with Gasteiger partial charge in [-0.3, -0.25) is 9.59 Å². The van der Waals surface area contributed by atoms with Crippen LogP contribution in [0.3, 0.4) is 0 Å². The van der Waals surface area contributed by atoms with Crippen LogP contribution in [0, 0.1) is 5.92 Å². The molecule has 2 aliphatic rings. The summed E-state index contributed by atoms with van der Waals surface area (Å²) in [4.78, 5) is 26.1. The van der Waals surface area contributed by atoms with Crippen molar-refractivity contribution >= 4 is 17.5 Å². The van der Waals surface area contributed by atoms with Crippen LogP contribution in [-0.2, 0) is 9.59 Å². The van der Waals surface area contributed by atoms with E-state index in [9.17, 15) is 9.59 Å². The highest BCUT2D eigenvalue weighted by Gasteiger charge is 2.29. The molecule has 0 bridgehead atoms.